The summed E-state index contributed by atoms with van der Waals surface area (Å²) >= 11 is 0. The number of imidazole rings is 1. The SMILES string of the molecule is N#CCc1ccc(OCC(O)Cn2c(C(F)(F)F)nc3ccccc32)cc1. The third kappa shape index (κ3) is 4.38. The number of hydrogen-bond acceptors (Lipinski definition) is 4. The lowest BCUT2D eigenvalue weighted by Crippen LogP contribution is -2.26. The zero-order valence-electron chi connectivity index (χ0n) is 14.1. The van der Waals surface area contributed by atoms with E-state index in [0.717, 1.165) is 10.1 Å². The van der Waals surface area contributed by atoms with E-state index in [9.17, 15) is 18.3 Å². The van der Waals surface area contributed by atoms with Gasteiger partial charge < -0.3 is 14.4 Å². The maximum atomic E-state index is 13.3. The summed E-state index contributed by atoms with van der Waals surface area (Å²) in [4.78, 5) is 3.64. The second-order valence-electron chi connectivity index (χ2n) is 5.98. The average molecular weight is 375 g/mol. The molecule has 0 aliphatic carbocycles. The van der Waals surface area contributed by atoms with Crippen molar-refractivity contribution in [3.8, 4) is 11.8 Å². The van der Waals surface area contributed by atoms with Gasteiger partial charge in [0.25, 0.3) is 0 Å². The van der Waals surface area contributed by atoms with Crippen molar-refractivity contribution in [1.29, 1.82) is 5.26 Å². The van der Waals surface area contributed by atoms with Crippen molar-refractivity contribution < 1.29 is 23.0 Å². The van der Waals surface area contributed by atoms with Gasteiger partial charge in [0.1, 0.15) is 18.5 Å². The first kappa shape index (κ1) is 18.7. The van der Waals surface area contributed by atoms with Crippen LogP contribution in [0.25, 0.3) is 11.0 Å². The largest absolute Gasteiger partial charge is 0.491 e. The first-order chi connectivity index (χ1) is 12.9. The number of hydrogen-bond donors (Lipinski definition) is 1. The number of ether oxygens (including phenoxy) is 1. The van der Waals surface area contributed by atoms with Gasteiger partial charge in [-0.05, 0) is 29.8 Å². The number of aliphatic hydroxyl groups excluding tert-OH is 1. The van der Waals surface area contributed by atoms with Gasteiger partial charge >= 0.3 is 6.18 Å². The quantitative estimate of drug-likeness (QED) is 0.715. The van der Waals surface area contributed by atoms with Crippen molar-refractivity contribution in [3.05, 3.63) is 59.9 Å². The van der Waals surface area contributed by atoms with E-state index in [1.807, 2.05) is 6.07 Å². The number of rotatable bonds is 6. The average Bonchev–Trinajstić information content (AvgIpc) is 3.00. The fraction of sp³-hybridized carbons (Fsp3) is 0.263. The van der Waals surface area contributed by atoms with Gasteiger partial charge in [-0.15, -0.1) is 0 Å². The van der Waals surface area contributed by atoms with Crippen molar-refractivity contribution in [3.63, 3.8) is 0 Å². The van der Waals surface area contributed by atoms with Crippen LogP contribution in [0.3, 0.4) is 0 Å². The molecule has 0 amide bonds. The molecule has 0 aliphatic rings. The van der Waals surface area contributed by atoms with Gasteiger partial charge in [-0.3, -0.25) is 0 Å². The number of nitrogens with zero attached hydrogens (tertiary/aromatic N) is 3. The molecule has 0 fully saturated rings. The number of halogens is 3. The van der Waals surface area contributed by atoms with Crippen LogP contribution in [0.4, 0.5) is 13.2 Å². The molecule has 0 aliphatic heterocycles. The molecule has 0 spiro atoms. The van der Waals surface area contributed by atoms with E-state index in [2.05, 4.69) is 4.98 Å². The third-order valence-corrected chi connectivity index (χ3v) is 3.95. The molecule has 5 nitrogen and oxygen atoms in total. The summed E-state index contributed by atoms with van der Waals surface area (Å²) in [5, 5.41) is 18.8. The molecule has 1 heterocycles. The molecule has 3 aromatic rings. The van der Waals surface area contributed by atoms with Crippen LogP contribution in [0, 0.1) is 11.3 Å². The summed E-state index contributed by atoms with van der Waals surface area (Å²) in [5.41, 5.74) is 1.33. The van der Waals surface area contributed by atoms with Gasteiger partial charge in [0.2, 0.25) is 5.82 Å². The predicted molar refractivity (Wildman–Crippen MR) is 92.0 cm³/mol. The Balaban J connectivity index is 1.72. The maximum absolute atomic E-state index is 13.3. The smallest absolute Gasteiger partial charge is 0.449 e. The number of aliphatic hydroxyl groups is 1. The van der Waals surface area contributed by atoms with E-state index in [4.69, 9.17) is 10.00 Å². The van der Waals surface area contributed by atoms with Crippen LogP contribution in [0.1, 0.15) is 11.4 Å². The number of benzene rings is 2. The Labute approximate surface area is 153 Å². The number of para-hydroxylation sites is 2. The van der Waals surface area contributed by atoms with E-state index >= 15 is 0 Å². The summed E-state index contributed by atoms with van der Waals surface area (Å²) in [5.74, 6) is -0.592. The Morgan fingerprint density at radius 3 is 2.52 bits per heavy atom. The molecular formula is C19H16F3N3O2. The van der Waals surface area contributed by atoms with Crippen molar-refractivity contribution in [2.75, 3.05) is 6.61 Å². The summed E-state index contributed by atoms with van der Waals surface area (Å²) < 4.78 is 46.2. The molecule has 0 bridgehead atoms. The molecule has 0 saturated heterocycles. The normalized spacial score (nSPS) is 12.7. The van der Waals surface area contributed by atoms with Crippen LogP contribution in [0.5, 0.6) is 5.75 Å². The lowest BCUT2D eigenvalue weighted by molar-refractivity contribution is -0.147. The summed E-state index contributed by atoms with van der Waals surface area (Å²) in [6, 6.07) is 15.0. The van der Waals surface area contributed by atoms with Crippen LogP contribution in [-0.2, 0) is 19.1 Å². The third-order valence-electron chi connectivity index (χ3n) is 3.95. The Morgan fingerprint density at radius 1 is 1.15 bits per heavy atom. The number of nitriles is 1. The summed E-state index contributed by atoms with van der Waals surface area (Å²) in [6.07, 6.45) is -5.52. The standard InChI is InChI=1S/C19H16F3N3O2/c20-19(21,22)18-24-16-3-1-2-4-17(16)25(18)11-14(26)12-27-15-7-5-13(6-8-15)9-10-23/h1-8,14,26H,9,11-12H2. The molecular weight excluding hydrogens is 359 g/mol. The molecule has 0 radical (unpaired) electrons. The topological polar surface area (TPSA) is 71.1 Å². The molecule has 1 unspecified atom stereocenters. The van der Waals surface area contributed by atoms with Crippen molar-refractivity contribution in [2.45, 2.75) is 25.2 Å². The van der Waals surface area contributed by atoms with E-state index < -0.39 is 18.1 Å². The molecule has 1 aromatic heterocycles. The molecule has 1 N–H and O–H groups in total. The monoisotopic (exact) mass is 375 g/mol. The second-order valence-corrected chi connectivity index (χ2v) is 5.98. The molecule has 3 rings (SSSR count). The Kier molecular flexibility index (Phi) is 5.33. The first-order valence-electron chi connectivity index (χ1n) is 8.17. The minimum absolute atomic E-state index is 0.179. The highest BCUT2D eigenvalue weighted by Crippen LogP contribution is 2.31. The minimum atomic E-state index is -4.63. The van der Waals surface area contributed by atoms with Gasteiger partial charge in [-0.1, -0.05) is 24.3 Å². The van der Waals surface area contributed by atoms with Gasteiger partial charge in [0.05, 0.1) is 30.1 Å². The van der Waals surface area contributed by atoms with Gasteiger partial charge in [0, 0.05) is 0 Å². The van der Waals surface area contributed by atoms with Crippen molar-refractivity contribution in [2.24, 2.45) is 0 Å². The zero-order chi connectivity index (χ0) is 19.4. The fourth-order valence-corrected chi connectivity index (χ4v) is 2.73. The van der Waals surface area contributed by atoms with E-state index in [-0.39, 0.29) is 25.1 Å². The van der Waals surface area contributed by atoms with Crippen molar-refractivity contribution in [1.82, 2.24) is 9.55 Å². The van der Waals surface area contributed by atoms with E-state index in [0.29, 0.717) is 11.3 Å². The summed E-state index contributed by atoms with van der Waals surface area (Å²) in [6.45, 7) is -0.483. The number of alkyl halides is 3. The van der Waals surface area contributed by atoms with Gasteiger partial charge in [0.15, 0.2) is 0 Å². The molecule has 2 aromatic carbocycles. The van der Waals surface area contributed by atoms with E-state index in [1.165, 1.54) is 12.1 Å². The zero-order valence-corrected chi connectivity index (χ0v) is 14.1. The summed E-state index contributed by atoms with van der Waals surface area (Å²) in [7, 11) is 0. The highest BCUT2D eigenvalue weighted by Gasteiger charge is 2.37. The Hall–Kier alpha value is -3.05. The first-order valence-corrected chi connectivity index (χ1v) is 8.17. The van der Waals surface area contributed by atoms with Gasteiger partial charge in [-0.25, -0.2) is 4.98 Å². The van der Waals surface area contributed by atoms with Crippen LogP contribution >= 0.6 is 0 Å². The molecule has 8 heteroatoms. The number of aromatic nitrogens is 2. The van der Waals surface area contributed by atoms with E-state index in [1.54, 1.807) is 36.4 Å². The number of fused-ring (bicyclic) bond motifs is 1. The van der Waals surface area contributed by atoms with Crippen LogP contribution in [0.2, 0.25) is 0 Å². The Morgan fingerprint density at radius 2 is 1.85 bits per heavy atom. The van der Waals surface area contributed by atoms with Crippen LogP contribution in [0.15, 0.2) is 48.5 Å². The molecule has 27 heavy (non-hydrogen) atoms. The van der Waals surface area contributed by atoms with Crippen molar-refractivity contribution >= 4 is 11.0 Å². The lowest BCUT2D eigenvalue weighted by atomic mass is 10.2. The minimum Gasteiger partial charge on any atom is -0.491 e. The lowest BCUT2D eigenvalue weighted by Gasteiger charge is -2.16. The second kappa shape index (κ2) is 7.68. The van der Waals surface area contributed by atoms with Crippen LogP contribution < -0.4 is 4.74 Å². The Bertz CT molecular complexity index is 959. The maximum Gasteiger partial charge on any atom is 0.449 e. The fourth-order valence-electron chi connectivity index (χ4n) is 2.73. The predicted octanol–water partition coefficient (Wildman–Crippen LogP) is 3.56. The highest BCUT2D eigenvalue weighted by atomic mass is 19.4. The molecule has 1 atom stereocenters. The molecule has 140 valence electrons. The van der Waals surface area contributed by atoms with Crippen LogP contribution in [-0.4, -0.2) is 27.4 Å². The van der Waals surface area contributed by atoms with Gasteiger partial charge in [-0.2, -0.15) is 18.4 Å². The molecule has 0 saturated carbocycles. The highest BCUT2D eigenvalue weighted by molar-refractivity contribution is 5.76.